The lowest BCUT2D eigenvalue weighted by Gasteiger charge is -2.18. The summed E-state index contributed by atoms with van der Waals surface area (Å²) in [7, 11) is 0. The molecule has 3 aliphatic rings. The van der Waals surface area contributed by atoms with Crippen molar-refractivity contribution in [3.8, 4) is 0 Å². The van der Waals surface area contributed by atoms with Gasteiger partial charge in [-0.25, -0.2) is 0 Å². The summed E-state index contributed by atoms with van der Waals surface area (Å²) in [5, 5.41) is 0.871. The summed E-state index contributed by atoms with van der Waals surface area (Å²) in [5.74, 6) is -2.14. The molecule has 0 saturated carbocycles. The molecule has 4 atom stereocenters. The van der Waals surface area contributed by atoms with E-state index in [9.17, 15) is 14.4 Å². The van der Waals surface area contributed by atoms with E-state index in [1.54, 1.807) is 0 Å². The van der Waals surface area contributed by atoms with E-state index in [0.717, 1.165) is 10.6 Å². The van der Waals surface area contributed by atoms with Gasteiger partial charge in [0.25, 0.3) is 11.8 Å². The van der Waals surface area contributed by atoms with Crippen molar-refractivity contribution in [3.63, 3.8) is 0 Å². The van der Waals surface area contributed by atoms with Gasteiger partial charge < -0.3 is 4.74 Å². The highest BCUT2D eigenvalue weighted by Crippen LogP contribution is 2.44. The Morgan fingerprint density at radius 2 is 1.64 bits per heavy atom. The van der Waals surface area contributed by atoms with Crippen LogP contribution in [0.1, 0.15) is 5.56 Å². The third-order valence-corrected chi connectivity index (χ3v) is 4.35. The Morgan fingerprint density at radius 3 is 2.23 bits per heavy atom. The Morgan fingerprint density at radius 1 is 1.05 bits per heavy atom. The van der Waals surface area contributed by atoms with Gasteiger partial charge in [0.15, 0.2) is 0 Å². The number of hydrogen-bond acceptors (Lipinski definition) is 4. The molecule has 3 aliphatic heterocycles. The molecule has 0 radical (unpaired) electrons. The van der Waals surface area contributed by atoms with Crippen LogP contribution in [0.25, 0.3) is 0 Å². The van der Waals surface area contributed by atoms with E-state index in [-0.39, 0.29) is 36.4 Å². The Bertz CT molecular complexity index is 655. The number of hydrogen-bond donors (Lipinski definition) is 1. The predicted molar refractivity (Wildman–Crippen MR) is 74.9 cm³/mol. The molecule has 0 spiro atoms. The van der Waals surface area contributed by atoms with E-state index < -0.39 is 11.8 Å². The minimum Gasteiger partial charge on any atom is -0.365 e. The fourth-order valence-corrected chi connectivity index (χ4v) is 3.36. The molecular weight excluding hydrogens is 284 g/mol. The van der Waals surface area contributed by atoms with Crippen LogP contribution in [0.3, 0.4) is 0 Å². The van der Waals surface area contributed by atoms with Crippen LogP contribution in [0.5, 0.6) is 0 Å². The predicted octanol–water partition coefficient (Wildman–Crippen LogP) is 0.199. The molecule has 2 bridgehead atoms. The van der Waals surface area contributed by atoms with Gasteiger partial charge in [0.1, 0.15) is 0 Å². The number of benzene rings is 1. The lowest BCUT2D eigenvalue weighted by molar-refractivity contribution is -0.151. The second-order valence-electron chi connectivity index (χ2n) is 5.71. The zero-order chi connectivity index (χ0) is 15.3. The number of rotatable bonds is 3. The Hall–Kier alpha value is -2.47. The summed E-state index contributed by atoms with van der Waals surface area (Å²) in [6, 6.07) is 9.17. The maximum absolute atomic E-state index is 12.4. The zero-order valence-corrected chi connectivity index (χ0v) is 11.6. The molecular formula is C16H14N2O4. The molecule has 4 unspecified atom stereocenters. The van der Waals surface area contributed by atoms with Gasteiger partial charge >= 0.3 is 0 Å². The average molecular weight is 298 g/mol. The zero-order valence-electron chi connectivity index (χ0n) is 11.6. The van der Waals surface area contributed by atoms with E-state index in [1.807, 2.05) is 42.5 Å². The van der Waals surface area contributed by atoms with Crippen molar-refractivity contribution in [2.45, 2.75) is 18.6 Å². The lowest BCUT2D eigenvalue weighted by Crippen LogP contribution is -2.48. The van der Waals surface area contributed by atoms with E-state index in [2.05, 4.69) is 5.43 Å². The number of amides is 3. The van der Waals surface area contributed by atoms with Gasteiger partial charge in [-0.1, -0.05) is 42.5 Å². The Kier molecular flexibility index (Phi) is 2.87. The third kappa shape index (κ3) is 1.88. The molecule has 22 heavy (non-hydrogen) atoms. The van der Waals surface area contributed by atoms with Crippen molar-refractivity contribution < 1.29 is 19.1 Å². The molecule has 1 aromatic carbocycles. The molecule has 2 fully saturated rings. The van der Waals surface area contributed by atoms with Crippen LogP contribution in [-0.2, 0) is 25.5 Å². The number of ether oxygens (including phenoxy) is 1. The molecule has 4 rings (SSSR count). The van der Waals surface area contributed by atoms with Crippen molar-refractivity contribution in [2.24, 2.45) is 11.8 Å². The van der Waals surface area contributed by atoms with Crippen LogP contribution in [0.2, 0.25) is 0 Å². The van der Waals surface area contributed by atoms with Crippen molar-refractivity contribution in [2.75, 3.05) is 0 Å². The highest BCUT2D eigenvalue weighted by molar-refractivity contribution is 6.07. The summed E-state index contributed by atoms with van der Waals surface area (Å²) in [5.41, 5.74) is 3.26. The molecule has 112 valence electrons. The fraction of sp³-hybridized carbons (Fsp3) is 0.312. The fourth-order valence-electron chi connectivity index (χ4n) is 3.36. The lowest BCUT2D eigenvalue weighted by atomic mass is 9.85. The summed E-state index contributed by atoms with van der Waals surface area (Å²) in [6.07, 6.45) is 3.05. The van der Waals surface area contributed by atoms with Gasteiger partial charge in [-0.15, -0.1) is 0 Å². The van der Waals surface area contributed by atoms with Crippen molar-refractivity contribution >= 4 is 17.7 Å². The van der Waals surface area contributed by atoms with Crippen molar-refractivity contribution in [1.29, 1.82) is 0 Å². The number of carbonyl (C=O) groups excluding carboxylic acids is 3. The largest absolute Gasteiger partial charge is 0.365 e. The maximum atomic E-state index is 12.4. The SMILES string of the molecule is O=C(Cc1ccccc1)NN1C(=O)C2C3C=CC(O3)C2C1=O. The van der Waals surface area contributed by atoms with Gasteiger partial charge in [-0.2, -0.15) is 5.01 Å². The third-order valence-electron chi connectivity index (χ3n) is 4.35. The number of carbonyl (C=O) groups is 3. The van der Waals surface area contributed by atoms with Crippen LogP contribution in [0.4, 0.5) is 0 Å². The van der Waals surface area contributed by atoms with Crippen LogP contribution < -0.4 is 5.43 Å². The van der Waals surface area contributed by atoms with Crippen LogP contribution >= 0.6 is 0 Å². The summed E-state index contributed by atoms with van der Waals surface area (Å²) < 4.78 is 5.54. The van der Waals surface area contributed by atoms with E-state index >= 15 is 0 Å². The summed E-state index contributed by atoms with van der Waals surface area (Å²) >= 11 is 0. The van der Waals surface area contributed by atoms with Gasteiger partial charge in [0.2, 0.25) is 5.91 Å². The number of fused-ring (bicyclic) bond motifs is 5. The molecule has 1 aromatic rings. The highest BCUT2D eigenvalue weighted by Gasteiger charge is 2.61. The van der Waals surface area contributed by atoms with E-state index in [4.69, 9.17) is 4.74 Å². The second-order valence-corrected chi connectivity index (χ2v) is 5.71. The minimum absolute atomic E-state index is 0.120. The summed E-state index contributed by atoms with van der Waals surface area (Å²) in [4.78, 5) is 36.8. The topological polar surface area (TPSA) is 75.7 Å². The number of nitrogens with zero attached hydrogens (tertiary/aromatic N) is 1. The van der Waals surface area contributed by atoms with E-state index in [1.165, 1.54) is 0 Å². The van der Waals surface area contributed by atoms with Gasteiger partial charge in [0.05, 0.1) is 30.5 Å². The van der Waals surface area contributed by atoms with Crippen LogP contribution in [-0.4, -0.2) is 34.9 Å². The first kappa shape index (κ1) is 13.2. The van der Waals surface area contributed by atoms with Gasteiger partial charge in [-0.05, 0) is 5.56 Å². The molecule has 6 nitrogen and oxygen atoms in total. The average Bonchev–Trinajstić information content (AvgIpc) is 3.18. The minimum atomic E-state index is -0.500. The molecule has 3 amide bonds. The highest BCUT2D eigenvalue weighted by atomic mass is 16.5. The number of nitrogens with one attached hydrogen (secondary N) is 1. The normalized spacial score (nSPS) is 31.7. The second kappa shape index (κ2) is 4.78. The van der Waals surface area contributed by atoms with Crippen LogP contribution in [0, 0.1) is 11.8 Å². The molecule has 0 aromatic heterocycles. The summed E-state index contributed by atoms with van der Waals surface area (Å²) in [6.45, 7) is 0. The molecule has 3 heterocycles. The van der Waals surface area contributed by atoms with Crippen molar-refractivity contribution in [3.05, 3.63) is 48.0 Å². The smallest absolute Gasteiger partial charge is 0.255 e. The van der Waals surface area contributed by atoms with E-state index in [0.29, 0.717) is 0 Å². The standard InChI is InChI=1S/C16H14N2O4/c19-12(8-9-4-2-1-3-5-9)17-18-15(20)13-10-6-7-11(22-10)14(13)16(18)21/h1-7,10-11,13-14H,8H2,(H,17,19). The molecule has 6 heteroatoms. The van der Waals surface area contributed by atoms with Gasteiger partial charge in [-0.3, -0.25) is 19.8 Å². The number of imide groups is 1. The van der Waals surface area contributed by atoms with Crippen molar-refractivity contribution in [1.82, 2.24) is 10.4 Å². The monoisotopic (exact) mass is 298 g/mol. The first-order chi connectivity index (χ1) is 10.6. The Labute approximate surface area is 126 Å². The molecule has 2 saturated heterocycles. The van der Waals surface area contributed by atoms with Gasteiger partial charge in [0, 0.05) is 0 Å². The maximum Gasteiger partial charge on any atom is 0.255 e. The first-order valence-electron chi connectivity index (χ1n) is 7.20. The molecule has 1 N–H and O–H groups in total. The molecule has 0 aliphatic carbocycles. The Balaban J connectivity index is 1.47. The van der Waals surface area contributed by atoms with Crippen LogP contribution in [0.15, 0.2) is 42.5 Å². The quantitative estimate of drug-likeness (QED) is 0.639. The number of hydrazine groups is 1. The first-order valence-corrected chi connectivity index (χ1v) is 7.20.